The maximum Gasteiger partial charge on any atom is 0.337 e. The summed E-state index contributed by atoms with van der Waals surface area (Å²) < 4.78 is 4.89. The van der Waals surface area contributed by atoms with E-state index in [2.05, 4.69) is 9.97 Å². The molecule has 1 aromatic carbocycles. The molecular weight excluding hydrogens is 271 g/mol. The Bertz CT molecular complexity index is 995. The highest BCUT2D eigenvalue weighted by Gasteiger charge is 2.11. The van der Waals surface area contributed by atoms with Crippen LogP contribution >= 0.6 is 0 Å². The zero-order valence-corrected chi connectivity index (χ0v) is 11.2. The molecule has 0 fully saturated rings. The molecule has 3 aromatic rings. The van der Waals surface area contributed by atoms with E-state index in [0.717, 1.165) is 11.0 Å². The van der Waals surface area contributed by atoms with Gasteiger partial charge in [0.2, 0.25) is 5.71 Å². The number of aromatic nitrogens is 2. The molecule has 0 saturated carbocycles. The lowest BCUT2D eigenvalue weighted by atomic mass is 9.92. The van der Waals surface area contributed by atoms with Crippen LogP contribution in [0.5, 0.6) is 0 Å². The molecule has 0 aliphatic carbocycles. The Kier molecular flexibility index (Phi) is 3.10. The fraction of sp³-hybridized carbons (Fsp3) is 0.0714. The number of hydrogen-bond donors (Lipinski definition) is 2. The summed E-state index contributed by atoms with van der Waals surface area (Å²) in [7, 11) is 1.96. The van der Waals surface area contributed by atoms with Crippen LogP contribution in [0.2, 0.25) is 0 Å². The summed E-state index contributed by atoms with van der Waals surface area (Å²) >= 11 is 0. The first kappa shape index (κ1) is 13.2. The molecule has 2 heterocycles. The van der Waals surface area contributed by atoms with Crippen molar-refractivity contribution >= 4 is 24.4 Å². The van der Waals surface area contributed by atoms with E-state index in [1.54, 1.807) is 0 Å². The Morgan fingerprint density at radius 3 is 2.67 bits per heavy atom. The molecule has 0 amide bonds. The average molecular weight is 282 g/mol. The molecule has 0 spiro atoms. The molecule has 0 bridgehead atoms. The second kappa shape index (κ2) is 4.94. The minimum absolute atomic E-state index is 0.0982. The van der Waals surface area contributed by atoms with E-state index in [1.807, 2.05) is 32.1 Å². The van der Waals surface area contributed by atoms with Crippen LogP contribution in [0.3, 0.4) is 0 Å². The van der Waals surface area contributed by atoms with Crippen molar-refractivity contribution in [2.45, 2.75) is 6.42 Å². The van der Waals surface area contributed by atoms with E-state index in [4.69, 9.17) is 4.42 Å². The van der Waals surface area contributed by atoms with Crippen molar-refractivity contribution in [3.63, 3.8) is 0 Å². The maximum atomic E-state index is 12.0. The van der Waals surface area contributed by atoms with Gasteiger partial charge in [-0.1, -0.05) is 29.7 Å². The van der Waals surface area contributed by atoms with E-state index in [1.165, 1.54) is 6.07 Å². The summed E-state index contributed by atoms with van der Waals surface area (Å²) in [5, 5.41) is 0.190. The molecule has 2 aromatic heterocycles. The van der Waals surface area contributed by atoms with Gasteiger partial charge in [-0.05, 0) is 17.5 Å². The smallest absolute Gasteiger partial charge is 0.337 e. The summed E-state index contributed by atoms with van der Waals surface area (Å²) in [5.41, 5.74) is 0.591. The van der Waals surface area contributed by atoms with Gasteiger partial charge in [-0.3, -0.25) is 14.8 Å². The maximum absolute atomic E-state index is 12.0. The molecule has 3 rings (SSSR count). The van der Waals surface area contributed by atoms with Gasteiger partial charge in [-0.15, -0.1) is 0 Å². The lowest BCUT2D eigenvalue weighted by Gasteiger charge is -2.05. The van der Waals surface area contributed by atoms with Gasteiger partial charge >= 0.3 is 11.3 Å². The van der Waals surface area contributed by atoms with Crippen molar-refractivity contribution in [1.82, 2.24) is 9.97 Å². The van der Waals surface area contributed by atoms with Gasteiger partial charge in [0.1, 0.15) is 13.2 Å². The standard InChI is InChI=1S/C14H11BN2O4/c15-9-3-1-2-7(5-9)4-8-6-10(18)21-13-11(8)12(19)16-14(20)17-13/h1-3,5-6H,4,15H2,(H2,16,17,19,20). The zero-order chi connectivity index (χ0) is 15.0. The number of hydrogen-bond acceptors (Lipinski definition) is 4. The fourth-order valence-electron chi connectivity index (χ4n) is 2.36. The predicted octanol–water partition coefficient (Wildman–Crippen LogP) is -0.981. The summed E-state index contributed by atoms with van der Waals surface area (Å²) in [6, 6.07) is 9.03. The van der Waals surface area contributed by atoms with Gasteiger partial charge in [0.15, 0.2) is 0 Å². The minimum atomic E-state index is -0.705. The highest BCUT2D eigenvalue weighted by molar-refractivity contribution is 6.32. The van der Waals surface area contributed by atoms with Crippen LogP contribution in [0.4, 0.5) is 0 Å². The first-order valence-electron chi connectivity index (χ1n) is 6.38. The van der Waals surface area contributed by atoms with Gasteiger partial charge in [0, 0.05) is 6.07 Å². The van der Waals surface area contributed by atoms with Crippen molar-refractivity contribution < 1.29 is 4.42 Å². The van der Waals surface area contributed by atoms with Crippen LogP contribution in [-0.4, -0.2) is 17.8 Å². The molecule has 104 valence electrons. The van der Waals surface area contributed by atoms with Crippen molar-refractivity contribution in [3.8, 4) is 0 Å². The fourth-order valence-corrected chi connectivity index (χ4v) is 2.36. The summed E-state index contributed by atoms with van der Waals surface area (Å²) in [6.45, 7) is 0. The molecule has 0 saturated heterocycles. The Labute approximate surface area is 118 Å². The zero-order valence-electron chi connectivity index (χ0n) is 11.2. The number of aromatic amines is 2. The van der Waals surface area contributed by atoms with Crippen molar-refractivity contribution in [3.05, 3.63) is 72.7 Å². The average Bonchev–Trinajstić information content (AvgIpc) is 2.36. The van der Waals surface area contributed by atoms with Crippen LogP contribution in [-0.2, 0) is 6.42 Å². The third-order valence-corrected chi connectivity index (χ3v) is 3.20. The largest absolute Gasteiger partial charge is 0.405 e. The van der Waals surface area contributed by atoms with Crippen molar-refractivity contribution in [2.75, 3.05) is 0 Å². The summed E-state index contributed by atoms with van der Waals surface area (Å²) in [5.74, 6) is 0. The van der Waals surface area contributed by atoms with E-state index in [-0.39, 0.29) is 11.1 Å². The third kappa shape index (κ3) is 2.58. The number of nitrogens with one attached hydrogen (secondary N) is 2. The van der Waals surface area contributed by atoms with Crippen LogP contribution in [0.1, 0.15) is 11.1 Å². The SMILES string of the molecule is Bc1cccc(Cc2cc(=O)oc3[nH]c(=O)[nH]c(=O)c23)c1. The number of rotatable bonds is 2. The summed E-state index contributed by atoms with van der Waals surface area (Å²) in [6.07, 6.45) is 0.402. The number of H-pyrrole nitrogens is 2. The lowest BCUT2D eigenvalue weighted by Crippen LogP contribution is -2.24. The summed E-state index contributed by atoms with van der Waals surface area (Å²) in [4.78, 5) is 39.3. The van der Waals surface area contributed by atoms with Gasteiger partial charge in [0.05, 0.1) is 0 Å². The highest BCUT2D eigenvalue weighted by Crippen LogP contribution is 2.13. The molecule has 0 atom stereocenters. The Morgan fingerprint density at radius 1 is 1.10 bits per heavy atom. The number of benzene rings is 1. The van der Waals surface area contributed by atoms with Crippen molar-refractivity contribution in [2.24, 2.45) is 0 Å². The molecule has 6 nitrogen and oxygen atoms in total. The van der Waals surface area contributed by atoms with E-state index < -0.39 is 16.9 Å². The monoisotopic (exact) mass is 282 g/mol. The normalized spacial score (nSPS) is 10.9. The first-order chi connectivity index (χ1) is 10.0. The van der Waals surface area contributed by atoms with E-state index in [0.29, 0.717) is 12.0 Å². The molecule has 0 radical (unpaired) electrons. The third-order valence-electron chi connectivity index (χ3n) is 3.20. The highest BCUT2D eigenvalue weighted by atomic mass is 16.4. The second-order valence-electron chi connectivity index (χ2n) is 4.87. The molecule has 21 heavy (non-hydrogen) atoms. The van der Waals surface area contributed by atoms with Gasteiger partial charge in [-0.2, -0.15) is 0 Å². The van der Waals surface area contributed by atoms with Crippen LogP contribution in [0.25, 0.3) is 11.1 Å². The van der Waals surface area contributed by atoms with Gasteiger partial charge in [0.25, 0.3) is 5.56 Å². The second-order valence-corrected chi connectivity index (χ2v) is 4.87. The van der Waals surface area contributed by atoms with Gasteiger partial charge in [-0.25, -0.2) is 9.59 Å². The van der Waals surface area contributed by atoms with Gasteiger partial charge < -0.3 is 4.42 Å². The predicted molar refractivity (Wildman–Crippen MR) is 81.2 cm³/mol. The molecule has 0 unspecified atom stereocenters. The first-order valence-corrected chi connectivity index (χ1v) is 6.38. The Balaban J connectivity index is 2.25. The minimum Gasteiger partial charge on any atom is -0.405 e. The Morgan fingerprint density at radius 2 is 1.90 bits per heavy atom. The topological polar surface area (TPSA) is 95.9 Å². The molecule has 0 aliphatic rings. The lowest BCUT2D eigenvalue weighted by molar-refractivity contribution is 0.545. The van der Waals surface area contributed by atoms with Crippen LogP contribution < -0.4 is 22.3 Å². The van der Waals surface area contributed by atoms with E-state index in [9.17, 15) is 14.4 Å². The quantitative estimate of drug-likeness (QED) is 0.590. The van der Waals surface area contributed by atoms with Crippen LogP contribution in [0, 0.1) is 0 Å². The molecule has 7 heteroatoms. The van der Waals surface area contributed by atoms with Crippen LogP contribution in [0.15, 0.2) is 49.1 Å². The molecule has 2 N–H and O–H groups in total. The van der Waals surface area contributed by atoms with E-state index >= 15 is 0 Å². The number of fused-ring (bicyclic) bond motifs is 1. The van der Waals surface area contributed by atoms with Crippen molar-refractivity contribution in [1.29, 1.82) is 0 Å². The Hall–Kier alpha value is -2.83. The molecule has 0 aliphatic heterocycles. The molecular formula is C14H11BN2O4.